The highest BCUT2D eigenvalue weighted by molar-refractivity contribution is 5.69. The van der Waals surface area contributed by atoms with E-state index in [4.69, 9.17) is 23.7 Å². The second kappa shape index (κ2) is 10.1. The molecule has 1 aliphatic heterocycles. The molecule has 2 rings (SSSR count). The fourth-order valence-corrected chi connectivity index (χ4v) is 3.16. The van der Waals surface area contributed by atoms with Crippen LogP contribution in [0.25, 0.3) is 0 Å². The van der Waals surface area contributed by atoms with Gasteiger partial charge in [-0.15, -0.1) is 0 Å². The van der Waals surface area contributed by atoms with E-state index in [1.54, 1.807) is 24.3 Å². The maximum absolute atomic E-state index is 11.7. The summed E-state index contributed by atoms with van der Waals surface area (Å²) in [5, 5.41) is 11.3. The molecule has 0 bridgehead atoms. The number of hydrogen-bond donors (Lipinski definition) is 0. The van der Waals surface area contributed by atoms with Crippen molar-refractivity contribution in [3.8, 4) is 0 Å². The van der Waals surface area contributed by atoms with Gasteiger partial charge in [-0.05, 0) is 5.56 Å². The van der Waals surface area contributed by atoms with Crippen LogP contribution >= 0.6 is 0 Å². The highest BCUT2D eigenvalue weighted by Crippen LogP contribution is 2.34. The Hall–Kier alpha value is -3.05. The van der Waals surface area contributed by atoms with Crippen LogP contribution in [0, 0.1) is 10.1 Å². The quantitative estimate of drug-likeness (QED) is 0.256. The first-order valence-corrected chi connectivity index (χ1v) is 9.06. The van der Waals surface area contributed by atoms with Crippen LogP contribution in [0.4, 0.5) is 0 Å². The normalized spacial score (nSPS) is 25.8. The zero-order valence-electron chi connectivity index (χ0n) is 16.8. The molecule has 0 spiro atoms. The summed E-state index contributed by atoms with van der Waals surface area (Å²) < 4.78 is 27.0. The number of carbonyl (C=O) groups excluding carboxylic acids is 3. The van der Waals surface area contributed by atoms with Gasteiger partial charge in [0.2, 0.25) is 12.1 Å². The van der Waals surface area contributed by atoms with E-state index in [9.17, 15) is 24.5 Å². The number of ether oxygens (including phenoxy) is 5. The van der Waals surface area contributed by atoms with E-state index >= 15 is 0 Å². The first kappa shape index (κ1) is 23.2. The van der Waals surface area contributed by atoms with Gasteiger partial charge in [0.25, 0.3) is 0 Å². The third-order valence-electron chi connectivity index (χ3n) is 4.17. The summed E-state index contributed by atoms with van der Waals surface area (Å²) in [5.41, 5.74) is -1.22. The maximum atomic E-state index is 11.7. The van der Waals surface area contributed by atoms with E-state index in [0.717, 1.165) is 26.3 Å². The monoisotopic (exact) mass is 425 g/mol. The van der Waals surface area contributed by atoms with Crippen molar-refractivity contribution in [2.75, 3.05) is 13.2 Å². The molecule has 1 aliphatic rings. The lowest BCUT2D eigenvalue weighted by atomic mass is 9.89. The first-order valence-electron chi connectivity index (χ1n) is 9.06. The van der Waals surface area contributed by atoms with E-state index in [2.05, 4.69) is 0 Å². The minimum Gasteiger partial charge on any atom is -0.454 e. The van der Waals surface area contributed by atoms with Crippen LogP contribution in [0.15, 0.2) is 30.3 Å². The lowest BCUT2D eigenvalue weighted by Crippen LogP contribution is -2.67. The Kier molecular flexibility index (Phi) is 7.84. The zero-order chi connectivity index (χ0) is 22.3. The Morgan fingerprint density at radius 2 is 1.73 bits per heavy atom. The Bertz CT molecular complexity index is 765. The molecule has 0 aromatic heterocycles. The number of carbonyl (C=O) groups is 3. The smallest absolute Gasteiger partial charge is 0.303 e. The molecule has 30 heavy (non-hydrogen) atoms. The summed E-state index contributed by atoms with van der Waals surface area (Å²) in [6.45, 7) is 1.84. The summed E-state index contributed by atoms with van der Waals surface area (Å²) in [7, 11) is 0. The average Bonchev–Trinajstić information content (AvgIpc) is 2.63. The van der Waals surface area contributed by atoms with Crippen LogP contribution in [-0.4, -0.2) is 60.1 Å². The summed E-state index contributed by atoms with van der Waals surface area (Å²) >= 11 is 0. The predicted molar refractivity (Wildman–Crippen MR) is 98.4 cm³/mol. The Morgan fingerprint density at radius 1 is 1.10 bits per heavy atom. The van der Waals surface area contributed by atoms with Crippen LogP contribution in [0.5, 0.6) is 0 Å². The van der Waals surface area contributed by atoms with Crippen molar-refractivity contribution < 1.29 is 43.0 Å². The maximum Gasteiger partial charge on any atom is 0.303 e. The molecule has 4 atom stereocenters. The van der Waals surface area contributed by atoms with Gasteiger partial charge in [0.15, 0.2) is 18.5 Å². The van der Waals surface area contributed by atoms with Crippen molar-refractivity contribution in [3.05, 3.63) is 46.0 Å². The number of hydrogen-bond acceptors (Lipinski definition) is 10. The molecular weight excluding hydrogens is 402 g/mol. The first-order chi connectivity index (χ1) is 14.1. The van der Waals surface area contributed by atoms with Gasteiger partial charge in [0.1, 0.15) is 6.61 Å². The van der Waals surface area contributed by atoms with Crippen molar-refractivity contribution in [2.24, 2.45) is 0 Å². The molecule has 0 saturated carbocycles. The van der Waals surface area contributed by atoms with Crippen LogP contribution in [0.1, 0.15) is 26.3 Å². The van der Waals surface area contributed by atoms with Gasteiger partial charge in [-0.3, -0.25) is 24.5 Å². The number of rotatable bonds is 8. The zero-order valence-corrected chi connectivity index (χ0v) is 16.8. The fourth-order valence-electron chi connectivity index (χ4n) is 3.16. The summed E-state index contributed by atoms with van der Waals surface area (Å²) in [6.07, 6.45) is -4.17. The van der Waals surface area contributed by atoms with Gasteiger partial charge < -0.3 is 23.7 Å². The van der Waals surface area contributed by atoms with Gasteiger partial charge >= 0.3 is 17.9 Å². The van der Waals surface area contributed by atoms with Crippen molar-refractivity contribution in [3.63, 3.8) is 0 Å². The number of nitro groups is 1. The number of nitrogens with zero attached hydrogens (tertiary/aromatic N) is 1. The van der Waals surface area contributed by atoms with Crippen LogP contribution in [0.2, 0.25) is 0 Å². The molecule has 1 saturated heterocycles. The lowest BCUT2D eigenvalue weighted by molar-refractivity contribution is -0.511. The minimum atomic E-state index is -2.01. The average molecular weight is 425 g/mol. The van der Waals surface area contributed by atoms with Gasteiger partial charge in [-0.2, -0.15) is 0 Å². The summed E-state index contributed by atoms with van der Waals surface area (Å²) in [5.74, 6) is -2.45. The van der Waals surface area contributed by atoms with Crippen LogP contribution in [0.3, 0.4) is 0 Å². The molecule has 11 heteroatoms. The SMILES string of the molecule is CC(=O)O[C@@H]1[C@H](OCc2ccccc2)OC[C@](C[N+](=O)[O-])(OC(C)=O)[C@H]1OC(C)=O. The second-order valence-electron chi connectivity index (χ2n) is 6.73. The second-order valence-corrected chi connectivity index (χ2v) is 6.73. The summed E-state index contributed by atoms with van der Waals surface area (Å²) in [4.78, 5) is 45.7. The molecule has 1 aromatic rings. The van der Waals surface area contributed by atoms with Gasteiger partial charge in [-0.1, -0.05) is 30.3 Å². The third-order valence-corrected chi connectivity index (χ3v) is 4.17. The van der Waals surface area contributed by atoms with Crippen LogP contribution in [-0.2, 0) is 44.7 Å². The molecule has 0 amide bonds. The highest BCUT2D eigenvalue weighted by Gasteiger charge is 2.60. The Morgan fingerprint density at radius 3 is 2.27 bits per heavy atom. The van der Waals surface area contributed by atoms with E-state index < -0.39 is 60.1 Å². The van der Waals surface area contributed by atoms with E-state index in [-0.39, 0.29) is 6.61 Å². The fraction of sp³-hybridized carbons (Fsp3) is 0.526. The molecule has 0 unspecified atom stereocenters. The molecule has 1 aromatic carbocycles. The third kappa shape index (κ3) is 6.22. The highest BCUT2D eigenvalue weighted by atomic mass is 16.7. The van der Waals surface area contributed by atoms with Crippen molar-refractivity contribution in [1.29, 1.82) is 0 Å². The Labute approximate surface area is 172 Å². The lowest BCUT2D eigenvalue weighted by Gasteiger charge is -2.45. The largest absolute Gasteiger partial charge is 0.454 e. The molecule has 0 N–H and O–H groups in total. The molecular formula is C19H23NO10. The van der Waals surface area contributed by atoms with E-state index in [1.807, 2.05) is 6.07 Å². The molecule has 164 valence electrons. The summed E-state index contributed by atoms with van der Waals surface area (Å²) in [6, 6.07) is 9.01. The van der Waals surface area contributed by atoms with Gasteiger partial charge in [0, 0.05) is 25.7 Å². The van der Waals surface area contributed by atoms with Crippen LogP contribution < -0.4 is 0 Å². The van der Waals surface area contributed by atoms with Gasteiger partial charge in [-0.25, -0.2) is 0 Å². The van der Waals surface area contributed by atoms with Crippen molar-refractivity contribution in [2.45, 2.75) is 51.5 Å². The van der Waals surface area contributed by atoms with E-state index in [0.29, 0.717) is 0 Å². The van der Waals surface area contributed by atoms with Gasteiger partial charge in [0.05, 0.1) is 6.61 Å². The minimum absolute atomic E-state index is 0.0614. The molecule has 0 aliphatic carbocycles. The standard InChI is InChI=1S/C19H23NO10/c1-12(21)28-16-17(29-13(2)22)19(10-20(24)25,30-14(3)23)11-27-18(16)26-9-15-7-5-4-6-8-15/h4-8,16-18H,9-11H2,1-3H3/t16-,17-,18+,19-/m0/s1. The molecule has 1 heterocycles. The topological polar surface area (TPSA) is 141 Å². The number of benzene rings is 1. The van der Waals surface area contributed by atoms with E-state index in [1.165, 1.54) is 0 Å². The number of esters is 3. The predicted octanol–water partition coefficient (Wildman–Crippen LogP) is 1.00. The molecule has 0 radical (unpaired) electrons. The molecule has 11 nitrogen and oxygen atoms in total. The van der Waals surface area contributed by atoms with Crippen molar-refractivity contribution in [1.82, 2.24) is 0 Å². The molecule has 1 fully saturated rings. The Balaban J connectivity index is 2.38. The van der Waals surface area contributed by atoms with Crippen molar-refractivity contribution >= 4 is 17.9 Å².